The van der Waals surface area contributed by atoms with Gasteiger partial charge in [0, 0.05) is 17.3 Å². The van der Waals surface area contributed by atoms with E-state index in [9.17, 15) is 0 Å². The van der Waals surface area contributed by atoms with Gasteiger partial charge in [-0.2, -0.15) is 0 Å². The van der Waals surface area contributed by atoms with E-state index in [0.717, 1.165) is 46.7 Å². The largest absolute Gasteiger partial charge is 0.296 e. The molecule has 1 aliphatic rings. The van der Waals surface area contributed by atoms with E-state index in [0.29, 0.717) is 0 Å². The van der Waals surface area contributed by atoms with Gasteiger partial charge in [-0.1, -0.05) is 43.0 Å². The fourth-order valence-electron chi connectivity index (χ4n) is 3.96. The number of hydrogen-bond donors (Lipinski definition) is 0. The van der Waals surface area contributed by atoms with Crippen LogP contribution in [-0.2, 0) is 6.42 Å². The molecule has 3 nitrogen and oxygen atoms in total. The van der Waals surface area contributed by atoms with Gasteiger partial charge in [-0.05, 0) is 63.0 Å². The van der Waals surface area contributed by atoms with E-state index in [1.165, 1.54) is 16.8 Å². The first-order valence-corrected chi connectivity index (χ1v) is 9.75. The molecule has 0 saturated heterocycles. The van der Waals surface area contributed by atoms with Crippen molar-refractivity contribution in [2.24, 2.45) is 4.99 Å². The zero-order valence-corrected chi connectivity index (χ0v) is 16.7. The lowest BCUT2D eigenvalue weighted by Gasteiger charge is -2.16. The number of nitrogens with zero attached hydrogens (tertiary/aromatic N) is 3. The Bertz CT molecular complexity index is 1140. The first kappa shape index (κ1) is 18.2. The molecule has 0 bridgehead atoms. The summed E-state index contributed by atoms with van der Waals surface area (Å²) in [5, 5.41) is 0. The van der Waals surface area contributed by atoms with Gasteiger partial charge < -0.3 is 0 Å². The molecule has 1 aliphatic carbocycles. The molecule has 0 saturated carbocycles. The highest BCUT2D eigenvalue weighted by atomic mass is 15.0. The number of rotatable bonds is 4. The van der Waals surface area contributed by atoms with Gasteiger partial charge >= 0.3 is 0 Å². The number of aromatic nitrogens is 2. The van der Waals surface area contributed by atoms with Crippen LogP contribution in [0.4, 0.5) is 5.69 Å². The molecule has 1 aromatic carbocycles. The Morgan fingerprint density at radius 2 is 2.04 bits per heavy atom. The number of benzene rings is 1. The summed E-state index contributed by atoms with van der Waals surface area (Å²) in [5.41, 5.74) is 9.90. The minimum absolute atomic E-state index is 0.964. The second kappa shape index (κ2) is 7.43. The summed E-state index contributed by atoms with van der Waals surface area (Å²) in [6, 6.07) is 10.5. The maximum Gasteiger partial charge on any atom is 0.143 e. The second-order valence-electron chi connectivity index (χ2n) is 7.10. The summed E-state index contributed by atoms with van der Waals surface area (Å²) in [6.07, 6.45) is 12.4. The van der Waals surface area contributed by atoms with Crippen LogP contribution >= 0.6 is 0 Å². The third kappa shape index (κ3) is 2.93. The van der Waals surface area contributed by atoms with Crippen molar-refractivity contribution in [2.45, 2.75) is 33.6 Å². The summed E-state index contributed by atoms with van der Waals surface area (Å²) in [4.78, 5) is 9.65. The highest BCUT2D eigenvalue weighted by molar-refractivity contribution is 5.90. The molecule has 0 fully saturated rings. The van der Waals surface area contributed by atoms with Crippen molar-refractivity contribution < 1.29 is 0 Å². The highest BCUT2D eigenvalue weighted by Gasteiger charge is 2.21. The molecular weight excluding hydrogens is 342 g/mol. The van der Waals surface area contributed by atoms with Crippen LogP contribution in [0.25, 0.3) is 29.4 Å². The van der Waals surface area contributed by atoms with Crippen LogP contribution in [0.5, 0.6) is 0 Å². The van der Waals surface area contributed by atoms with Gasteiger partial charge in [-0.3, -0.25) is 9.39 Å². The molecular formula is C25H25N3. The zero-order chi connectivity index (χ0) is 19.7. The first-order chi connectivity index (χ1) is 13.7. The van der Waals surface area contributed by atoms with Crippen molar-refractivity contribution in [3.8, 4) is 0 Å². The van der Waals surface area contributed by atoms with Crippen LogP contribution < -0.4 is 0 Å². The van der Waals surface area contributed by atoms with Crippen molar-refractivity contribution in [2.75, 3.05) is 0 Å². The van der Waals surface area contributed by atoms with Gasteiger partial charge in [-0.25, -0.2) is 4.98 Å². The van der Waals surface area contributed by atoms with E-state index < -0.39 is 0 Å². The van der Waals surface area contributed by atoms with Crippen molar-refractivity contribution >= 4 is 41.4 Å². The van der Waals surface area contributed by atoms with Crippen LogP contribution in [0.1, 0.15) is 54.0 Å². The van der Waals surface area contributed by atoms with Crippen LogP contribution in [0.3, 0.4) is 0 Å². The van der Waals surface area contributed by atoms with Crippen LogP contribution in [0, 0.1) is 6.92 Å². The maximum absolute atomic E-state index is 4.92. The fraction of sp³-hybridized carbons (Fsp3) is 0.200. The Morgan fingerprint density at radius 1 is 1.25 bits per heavy atom. The van der Waals surface area contributed by atoms with Crippen molar-refractivity contribution in [1.29, 1.82) is 0 Å². The SMILES string of the molecule is C=Cc1c(/C=C(\C)c2ccccc2)c(N=CC)c(C)c2nc3c(n12)CCC=C3. The third-order valence-electron chi connectivity index (χ3n) is 5.33. The molecule has 0 aliphatic heterocycles. The summed E-state index contributed by atoms with van der Waals surface area (Å²) in [6.45, 7) is 10.3. The number of allylic oxidation sites excluding steroid dienone is 2. The average Bonchev–Trinajstić information content (AvgIpc) is 3.11. The topological polar surface area (TPSA) is 29.7 Å². The predicted molar refractivity (Wildman–Crippen MR) is 121 cm³/mol. The third-order valence-corrected chi connectivity index (χ3v) is 5.33. The minimum Gasteiger partial charge on any atom is -0.296 e. The standard InChI is InChI=1S/C25H25N3/c1-5-22-20(16-17(3)19-12-8-7-9-13-19)24(26-6-2)18(4)25-27-21-14-10-11-15-23(21)28(22)25/h5-10,12-14,16H,1,11,15H2,2-4H3/b17-16+,26-6?. The number of pyridine rings is 1. The Kier molecular flexibility index (Phi) is 4.82. The Labute approximate surface area is 166 Å². The minimum atomic E-state index is 0.964. The number of aryl methyl sites for hydroxylation is 2. The second-order valence-corrected chi connectivity index (χ2v) is 7.10. The molecule has 2 heterocycles. The molecule has 4 rings (SSSR count). The van der Waals surface area contributed by atoms with E-state index in [-0.39, 0.29) is 0 Å². The normalized spacial score (nSPS) is 14.0. The van der Waals surface area contributed by atoms with Crippen LogP contribution in [0.2, 0.25) is 0 Å². The summed E-state index contributed by atoms with van der Waals surface area (Å²) in [7, 11) is 0. The lowest BCUT2D eigenvalue weighted by molar-refractivity contribution is 0.901. The van der Waals surface area contributed by atoms with Crippen molar-refractivity contribution in [3.63, 3.8) is 0 Å². The van der Waals surface area contributed by atoms with Gasteiger partial charge in [0.15, 0.2) is 0 Å². The molecule has 0 amide bonds. The smallest absolute Gasteiger partial charge is 0.143 e. The highest BCUT2D eigenvalue weighted by Crippen LogP contribution is 2.36. The summed E-state index contributed by atoms with van der Waals surface area (Å²) in [5.74, 6) is 0. The van der Waals surface area contributed by atoms with Gasteiger partial charge in [0.1, 0.15) is 5.65 Å². The monoisotopic (exact) mass is 367 g/mol. The molecule has 0 spiro atoms. The number of fused-ring (bicyclic) bond motifs is 3. The molecule has 0 unspecified atom stereocenters. The Balaban J connectivity index is 2.08. The lowest BCUT2D eigenvalue weighted by Crippen LogP contribution is -2.04. The summed E-state index contributed by atoms with van der Waals surface area (Å²) >= 11 is 0. The van der Waals surface area contributed by atoms with Crippen molar-refractivity contribution in [1.82, 2.24) is 9.38 Å². The van der Waals surface area contributed by atoms with Crippen molar-refractivity contribution in [3.05, 3.63) is 76.8 Å². The molecule has 3 aromatic rings. The molecule has 0 radical (unpaired) electrons. The number of imidazole rings is 1. The van der Waals surface area contributed by atoms with Gasteiger partial charge in [0.25, 0.3) is 0 Å². The van der Waals surface area contributed by atoms with E-state index in [1.807, 2.05) is 25.3 Å². The molecule has 2 aromatic heterocycles. The average molecular weight is 367 g/mol. The van der Waals surface area contributed by atoms with Crippen LogP contribution in [-0.4, -0.2) is 15.6 Å². The number of aliphatic imine (C=N–C) groups is 1. The van der Waals surface area contributed by atoms with Gasteiger partial charge in [-0.15, -0.1) is 0 Å². The quantitative estimate of drug-likeness (QED) is 0.482. The maximum atomic E-state index is 4.92. The molecule has 0 atom stereocenters. The summed E-state index contributed by atoms with van der Waals surface area (Å²) < 4.78 is 2.28. The van der Waals surface area contributed by atoms with E-state index in [2.05, 4.69) is 67.3 Å². The van der Waals surface area contributed by atoms with E-state index in [1.54, 1.807) is 0 Å². The zero-order valence-electron chi connectivity index (χ0n) is 16.7. The van der Waals surface area contributed by atoms with E-state index >= 15 is 0 Å². The van der Waals surface area contributed by atoms with Crippen LogP contribution in [0.15, 0.2) is 48.0 Å². The molecule has 140 valence electrons. The first-order valence-electron chi connectivity index (χ1n) is 9.75. The fourth-order valence-corrected chi connectivity index (χ4v) is 3.96. The Hall–Kier alpha value is -3.20. The van der Waals surface area contributed by atoms with Gasteiger partial charge in [0.05, 0.1) is 22.8 Å². The Morgan fingerprint density at radius 3 is 2.75 bits per heavy atom. The lowest BCUT2D eigenvalue weighted by atomic mass is 10.00. The predicted octanol–water partition coefficient (Wildman–Crippen LogP) is 6.53. The molecule has 0 N–H and O–H groups in total. The molecule has 3 heteroatoms. The van der Waals surface area contributed by atoms with Gasteiger partial charge in [0.2, 0.25) is 0 Å². The van der Waals surface area contributed by atoms with E-state index in [4.69, 9.17) is 9.98 Å². The number of hydrogen-bond acceptors (Lipinski definition) is 2. The molecule has 28 heavy (non-hydrogen) atoms.